The van der Waals surface area contributed by atoms with Crippen LogP contribution in [-0.4, -0.2) is 49.0 Å². The molecule has 0 saturated carbocycles. The SMILES string of the molecule is CCOC(=O)NC(=O)CN(CC)CC(=O)Nc1ccc(C)cc1Cl. The predicted molar refractivity (Wildman–Crippen MR) is 92.1 cm³/mol. The van der Waals surface area contributed by atoms with Crippen LogP contribution in [0.5, 0.6) is 0 Å². The molecule has 8 heteroatoms. The summed E-state index contributed by atoms with van der Waals surface area (Å²) in [6.45, 7) is 5.90. The summed E-state index contributed by atoms with van der Waals surface area (Å²) >= 11 is 6.07. The van der Waals surface area contributed by atoms with Gasteiger partial charge in [0.2, 0.25) is 11.8 Å². The first-order valence-electron chi connectivity index (χ1n) is 7.60. The second kappa shape index (κ2) is 9.89. The summed E-state index contributed by atoms with van der Waals surface area (Å²) in [5, 5.41) is 5.24. The highest BCUT2D eigenvalue weighted by Gasteiger charge is 2.16. The molecule has 0 aromatic heterocycles. The van der Waals surface area contributed by atoms with Crippen LogP contribution < -0.4 is 10.6 Å². The van der Waals surface area contributed by atoms with Crippen LogP contribution in [0, 0.1) is 6.92 Å². The van der Waals surface area contributed by atoms with Gasteiger partial charge in [0.25, 0.3) is 0 Å². The van der Waals surface area contributed by atoms with Crippen LogP contribution in [0.2, 0.25) is 5.02 Å². The molecule has 1 rings (SSSR count). The van der Waals surface area contributed by atoms with Crippen molar-refractivity contribution >= 4 is 35.2 Å². The number of aryl methyl sites for hydroxylation is 1. The molecule has 0 fully saturated rings. The number of likely N-dealkylation sites (N-methyl/N-ethyl adjacent to an activating group) is 1. The smallest absolute Gasteiger partial charge is 0.413 e. The average molecular weight is 356 g/mol. The summed E-state index contributed by atoms with van der Waals surface area (Å²) in [7, 11) is 0. The molecule has 0 aliphatic rings. The van der Waals surface area contributed by atoms with Gasteiger partial charge in [0.15, 0.2) is 0 Å². The number of nitrogens with zero attached hydrogens (tertiary/aromatic N) is 1. The maximum atomic E-state index is 12.1. The molecule has 0 unspecified atom stereocenters. The Kier molecular flexibility index (Phi) is 8.21. The van der Waals surface area contributed by atoms with E-state index in [1.807, 2.05) is 19.9 Å². The van der Waals surface area contributed by atoms with Crippen molar-refractivity contribution in [3.63, 3.8) is 0 Å². The van der Waals surface area contributed by atoms with Crippen LogP contribution in [0.4, 0.5) is 10.5 Å². The summed E-state index contributed by atoms with van der Waals surface area (Å²) in [6.07, 6.45) is -0.797. The van der Waals surface area contributed by atoms with Gasteiger partial charge in [-0.15, -0.1) is 0 Å². The Balaban J connectivity index is 2.53. The highest BCUT2D eigenvalue weighted by Crippen LogP contribution is 2.22. The van der Waals surface area contributed by atoms with Crippen molar-refractivity contribution in [2.45, 2.75) is 20.8 Å². The number of hydrogen-bond donors (Lipinski definition) is 2. The molecule has 0 bridgehead atoms. The second-order valence-electron chi connectivity index (χ2n) is 5.10. The molecule has 0 atom stereocenters. The number of hydrogen-bond acceptors (Lipinski definition) is 5. The Morgan fingerprint density at radius 2 is 1.83 bits per heavy atom. The van der Waals surface area contributed by atoms with E-state index in [4.69, 9.17) is 11.6 Å². The van der Waals surface area contributed by atoms with Crippen LogP contribution in [0.1, 0.15) is 19.4 Å². The predicted octanol–water partition coefficient (Wildman–Crippen LogP) is 2.18. The number of alkyl carbamates (subject to hydrolysis) is 1. The molecule has 0 saturated heterocycles. The zero-order valence-electron chi connectivity index (χ0n) is 14.0. The maximum Gasteiger partial charge on any atom is 0.413 e. The lowest BCUT2D eigenvalue weighted by molar-refractivity contribution is -0.122. The lowest BCUT2D eigenvalue weighted by atomic mass is 10.2. The van der Waals surface area contributed by atoms with Crippen molar-refractivity contribution in [2.75, 3.05) is 31.6 Å². The summed E-state index contributed by atoms with van der Waals surface area (Å²) < 4.78 is 4.63. The molecular formula is C16H22ClN3O4. The van der Waals surface area contributed by atoms with E-state index in [0.29, 0.717) is 17.3 Å². The summed E-state index contributed by atoms with van der Waals surface area (Å²) in [5.74, 6) is -0.831. The minimum atomic E-state index is -0.797. The molecule has 24 heavy (non-hydrogen) atoms. The first kappa shape index (κ1) is 19.9. The Morgan fingerprint density at radius 1 is 1.17 bits per heavy atom. The normalized spacial score (nSPS) is 10.4. The Hall–Kier alpha value is -2.12. The molecule has 1 aromatic rings. The van der Waals surface area contributed by atoms with E-state index in [1.54, 1.807) is 24.0 Å². The monoisotopic (exact) mass is 355 g/mol. The highest BCUT2D eigenvalue weighted by atomic mass is 35.5. The molecular weight excluding hydrogens is 334 g/mol. The molecule has 0 aliphatic carbocycles. The number of carbonyl (C=O) groups is 3. The topological polar surface area (TPSA) is 87.7 Å². The number of halogens is 1. The van der Waals surface area contributed by atoms with Gasteiger partial charge < -0.3 is 10.1 Å². The van der Waals surface area contributed by atoms with Crippen molar-refractivity contribution in [3.05, 3.63) is 28.8 Å². The molecule has 7 nitrogen and oxygen atoms in total. The van der Waals surface area contributed by atoms with Gasteiger partial charge in [0.1, 0.15) is 0 Å². The number of anilines is 1. The van der Waals surface area contributed by atoms with Gasteiger partial charge in [-0.3, -0.25) is 19.8 Å². The number of imide groups is 1. The molecule has 0 radical (unpaired) electrons. The second-order valence-corrected chi connectivity index (χ2v) is 5.51. The van der Waals surface area contributed by atoms with Gasteiger partial charge in [-0.05, 0) is 38.1 Å². The van der Waals surface area contributed by atoms with Gasteiger partial charge in [-0.25, -0.2) is 4.79 Å². The first-order valence-corrected chi connectivity index (χ1v) is 7.98. The first-order chi connectivity index (χ1) is 11.3. The van der Waals surface area contributed by atoms with E-state index in [2.05, 4.69) is 15.4 Å². The fourth-order valence-corrected chi connectivity index (χ4v) is 2.20. The third-order valence-corrected chi connectivity index (χ3v) is 3.41. The number of amides is 3. The largest absolute Gasteiger partial charge is 0.450 e. The third-order valence-electron chi connectivity index (χ3n) is 3.10. The minimum Gasteiger partial charge on any atom is -0.450 e. The minimum absolute atomic E-state index is 0.00303. The third kappa shape index (κ3) is 6.97. The summed E-state index contributed by atoms with van der Waals surface area (Å²) in [5.41, 5.74) is 1.50. The van der Waals surface area contributed by atoms with Crippen molar-refractivity contribution in [1.29, 1.82) is 0 Å². The van der Waals surface area contributed by atoms with Gasteiger partial charge >= 0.3 is 6.09 Å². The lowest BCUT2D eigenvalue weighted by Gasteiger charge is -2.19. The van der Waals surface area contributed by atoms with Gasteiger partial charge in [-0.2, -0.15) is 0 Å². The molecule has 3 amide bonds. The molecule has 2 N–H and O–H groups in total. The average Bonchev–Trinajstić information content (AvgIpc) is 2.49. The van der Waals surface area contributed by atoms with E-state index < -0.39 is 12.0 Å². The maximum absolute atomic E-state index is 12.1. The van der Waals surface area contributed by atoms with E-state index in [1.165, 1.54) is 0 Å². The number of ether oxygens (including phenoxy) is 1. The fraction of sp³-hybridized carbons (Fsp3) is 0.438. The van der Waals surface area contributed by atoms with Gasteiger partial charge in [0.05, 0.1) is 30.4 Å². The Morgan fingerprint density at radius 3 is 2.42 bits per heavy atom. The standard InChI is InChI=1S/C16H22ClN3O4/c1-4-20(10-15(22)19-16(23)24-5-2)9-14(21)18-13-7-6-11(3)8-12(13)17/h6-8H,4-5,9-10H2,1-3H3,(H,18,21)(H,19,22,23). The summed E-state index contributed by atoms with van der Waals surface area (Å²) in [6, 6.07) is 5.31. The highest BCUT2D eigenvalue weighted by molar-refractivity contribution is 6.33. The quantitative estimate of drug-likeness (QED) is 0.782. The number of carbonyl (C=O) groups excluding carboxylic acids is 3. The molecule has 132 valence electrons. The van der Waals surface area contributed by atoms with Crippen LogP contribution in [0.25, 0.3) is 0 Å². The van der Waals surface area contributed by atoms with Crippen LogP contribution in [0.15, 0.2) is 18.2 Å². The van der Waals surface area contributed by atoms with Crippen molar-refractivity contribution < 1.29 is 19.1 Å². The van der Waals surface area contributed by atoms with Crippen molar-refractivity contribution in [1.82, 2.24) is 10.2 Å². The Bertz CT molecular complexity index is 607. The fourth-order valence-electron chi connectivity index (χ4n) is 1.92. The zero-order valence-corrected chi connectivity index (χ0v) is 14.8. The van der Waals surface area contributed by atoms with Crippen LogP contribution >= 0.6 is 11.6 Å². The van der Waals surface area contributed by atoms with Crippen molar-refractivity contribution in [3.8, 4) is 0 Å². The summed E-state index contributed by atoms with van der Waals surface area (Å²) in [4.78, 5) is 36.6. The number of nitrogens with one attached hydrogen (secondary N) is 2. The molecule has 0 spiro atoms. The Labute approximate surface area is 146 Å². The van der Waals surface area contributed by atoms with Gasteiger partial charge in [-0.1, -0.05) is 24.6 Å². The zero-order chi connectivity index (χ0) is 18.1. The number of rotatable bonds is 7. The van der Waals surface area contributed by atoms with E-state index in [-0.39, 0.29) is 25.6 Å². The van der Waals surface area contributed by atoms with Crippen LogP contribution in [-0.2, 0) is 14.3 Å². The van der Waals surface area contributed by atoms with E-state index in [9.17, 15) is 14.4 Å². The molecule has 1 aromatic carbocycles. The van der Waals surface area contributed by atoms with E-state index >= 15 is 0 Å². The van der Waals surface area contributed by atoms with Gasteiger partial charge in [0, 0.05) is 0 Å². The van der Waals surface area contributed by atoms with Crippen molar-refractivity contribution in [2.24, 2.45) is 0 Å². The molecule has 0 heterocycles. The van der Waals surface area contributed by atoms with Crippen LogP contribution in [0.3, 0.4) is 0 Å². The lowest BCUT2D eigenvalue weighted by Crippen LogP contribution is -2.43. The molecule has 0 aliphatic heterocycles. The number of benzene rings is 1. The van der Waals surface area contributed by atoms with E-state index in [0.717, 1.165) is 5.56 Å².